The van der Waals surface area contributed by atoms with Gasteiger partial charge in [0.05, 0.1) is 0 Å². The number of benzene rings is 2. The van der Waals surface area contributed by atoms with Crippen molar-refractivity contribution in [2.75, 3.05) is 6.54 Å². The molecule has 0 spiro atoms. The van der Waals surface area contributed by atoms with Gasteiger partial charge >= 0.3 is 0 Å². The van der Waals surface area contributed by atoms with Crippen LogP contribution in [0.4, 0.5) is 0 Å². The molecular weight excluding hydrogens is 290 g/mol. The van der Waals surface area contributed by atoms with Crippen molar-refractivity contribution in [2.24, 2.45) is 0 Å². The summed E-state index contributed by atoms with van der Waals surface area (Å²) < 4.78 is 0. The van der Waals surface area contributed by atoms with E-state index >= 15 is 0 Å². The molecule has 2 aromatic rings. The summed E-state index contributed by atoms with van der Waals surface area (Å²) >= 11 is 0. The smallest absolute Gasteiger partial charge is 0.00412 e. The van der Waals surface area contributed by atoms with Crippen molar-refractivity contribution in [2.45, 2.75) is 65.0 Å². The molecule has 1 heteroatoms. The van der Waals surface area contributed by atoms with Crippen LogP contribution >= 0.6 is 0 Å². The molecule has 0 aliphatic carbocycles. The van der Waals surface area contributed by atoms with Gasteiger partial charge in [0.15, 0.2) is 0 Å². The standard InChI is InChI=1S/C23H33N/c1-19(2)24(20(3)4)17-11-16-23(22-14-9-6-10-15-22)18-21-12-7-5-8-13-21/h5-10,12-15,19-20,23H,11,16-18H2,1-4H3. The summed E-state index contributed by atoms with van der Waals surface area (Å²) in [5.74, 6) is 0.606. The molecule has 0 amide bonds. The van der Waals surface area contributed by atoms with Gasteiger partial charge in [-0.05, 0) is 70.5 Å². The zero-order valence-electron chi connectivity index (χ0n) is 15.8. The summed E-state index contributed by atoms with van der Waals surface area (Å²) in [7, 11) is 0. The molecule has 24 heavy (non-hydrogen) atoms. The van der Waals surface area contributed by atoms with Gasteiger partial charge in [0, 0.05) is 12.1 Å². The molecule has 1 nitrogen and oxygen atoms in total. The van der Waals surface area contributed by atoms with Gasteiger partial charge in [-0.15, -0.1) is 0 Å². The third kappa shape index (κ3) is 5.79. The number of rotatable bonds is 9. The highest BCUT2D eigenvalue weighted by molar-refractivity contribution is 5.24. The SMILES string of the molecule is CC(C)N(CCCC(Cc1ccccc1)c1ccccc1)C(C)C. The molecule has 0 aliphatic rings. The number of hydrogen-bond acceptors (Lipinski definition) is 1. The summed E-state index contributed by atoms with van der Waals surface area (Å²) in [6.45, 7) is 10.4. The van der Waals surface area contributed by atoms with Crippen molar-refractivity contribution >= 4 is 0 Å². The van der Waals surface area contributed by atoms with Gasteiger partial charge in [-0.2, -0.15) is 0 Å². The minimum absolute atomic E-state index is 0.606. The van der Waals surface area contributed by atoms with E-state index < -0.39 is 0 Å². The largest absolute Gasteiger partial charge is 0.299 e. The highest BCUT2D eigenvalue weighted by atomic mass is 15.2. The Kier molecular flexibility index (Phi) is 7.52. The van der Waals surface area contributed by atoms with Gasteiger partial charge in [-0.3, -0.25) is 4.90 Å². The van der Waals surface area contributed by atoms with E-state index in [0.29, 0.717) is 18.0 Å². The zero-order valence-corrected chi connectivity index (χ0v) is 15.8. The second-order valence-electron chi connectivity index (χ2n) is 7.36. The Hall–Kier alpha value is -1.60. The van der Waals surface area contributed by atoms with E-state index in [-0.39, 0.29) is 0 Å². The van der Waals surface area contributed by atoms with Gasteiger partial charge in [-0.1, -0.05) is 60.7 Å². The maximum atomic E-state index is 2.60. The number of nitrogens with zero attached hydrogens (tertiary/aromatic N) is 1. The lowest BCUT2D eigenvalue weighted by Crippen LogP contribution is -2.37. The third-order valence-electron chi connectivity index (χ3n) is 4.89. The normalized spacial score (nSPS) is 13.0. The molecule has 0 saturated carbocycles. The molecule has 1 unspecified atom stereocenters. The van der Waals surface area contributed by atoms with Crippen molar-refractivity contribution in [3.05, 3.63) is 71.8 Å². The predicted molar refractivity (Wildman–Crippen MR) is 106 cm³/mol. The van der Waals surface area contributed by atoms with Crippen molar-refractivity contribution in [3.63, 3.8) is 0 Å². The molecule has 130 valence electrons. The molecule has 0 N–H and O–H groups in total. The van der Waals surface area contributed by atoms with Crippen LogP contribution in [0.5, 0.6) is 0 Å². The quantitative estimate of drug-likeness (QED) is 0.554. The lowest BCUT2D eigenvalue weighted by molar-refractivity contribution is 0.170. The molecule has 0 fully saturated rings. The molecule has 0 radical (unpaired) electrons. The minimum Gasteiger partial charge on any atom is -0.299 e. The van der Waals surface area contributed by atoms with Crippen molar-refractivity contribution < 1.29 is 0 Å². The molecule has 0 saturated heterocycles. The van der Waals surface area contributed by atoms with Crippen LogP contribution in [0.25, 0.3) is 0 Å². The van der Waals surface area contributed by atoms with E-state index in [1.807, 2.05) is 0 Å². The second kappa shape index (κ2) is 9.64. The Balaban J connectivity index is 2.01. The van der Waals surface area contributed by atoms with E-state index in [4.69, 9.17) is 0 Å². The highest BCUT2D eigenvalue weighted by Gasteiger charge is 2.16. The number of hydrogen-bond donors (Lipinski definition) is 0. The lowest BCUT2D eigenvalue weighted by atomic mass is 9.88. The first-order valence-corrected chi connectivity index (χ1v) is 9.42. The van der Waals surface area contributed by atoms with E-state index in [9.17, 15) is 0 Å². The van der Waals surface area contributed by atoms with Gasteiger partial charge in [0.2, 0.25) is 0 Å². The first-order valence-electron chi connectivity index (χ1n) is 9.42. The Morgan fingerprint density at radius 2 is 1.29 bits per heavy atom. The van der Waals surface area contributed by atoms with Gasteiger partial charge in [0.1, 0.15) is 0 Å². The Morgan fingerprint density at radius 1 is 0.750 bits per heavy atom. The summed E-state index contributed by atoms with van der Waals surface area (Å²) in [5.41, 5.74) is 2.91. The van der Waals surface area contributed by atoms with Crippen LogP contribution in [0.15, 0.2) is 60.7 Å². The Bertz CT molecular complexity index is 551. The average Bonchev–Trinajstić information content (AvgIpc) is 2.58. The molecule has 0 heterocycles. The first-order chi connectivity index (χ1) is 11.6. The van der Waals surface area contributed by atoms with Gasteiger partial charge in [-0.25, -0.2) is 0 Å². The maximum absolute atomic E-state index is 2.60. The molecule has 2 rings (SSSR count). The molecular formula is C23H33N. The molecule has 0 aliphatic heterocycles. The van der Waals surface area contributed by atoms with Crippen LogP contribution < -0.4 is 0 Å². The predicted octanol–water partition coefficient (Wildman–Crippen LogP) is 5.91. The topological polar surface area (TPSA) is 3.24 Å². The fraction of sp³-hybridized carbons (Fsp3) is 0.478. The Labute approximate surface area is 148 Å². The highest BCUT2D eigenvalue weighted by Crippen LogP contribution is 2.26. The average molecular weight is 324 g/mol. The van der Waals surface area contributed by atoms with Crippen molar-refractivity contribution in [1.82, 2.24) is 4.90 Å². The van der Waals surface area contributed by atoms with Crippen LogP contribution in [-0.2, 0) is 6.42 Å². The zero-order chi connectivity index (χ0) is 17.4. The van der Waals surface area contributed by atoms with E-state index in [0.717, 1.165) is 6.42 Å². The van der Waals surface area contributed by atoms with E-state index in [1.54, 1.807) is 0 Å². The summed E-state index contributed by atoms with van der Waals surface area (Å²) in [5, 5.41) is 0. The van der Waals surface area contributed by atoms with E-state index in [2.05, 4.69) is 93.3 Å². The fourth-order valence-corrected chi connectivity index (χ4v) is 3.64. The first kappa shape index (κ1) is 18.7. The van der Waals surface area contributed by atoms with Crippen LogP contribution in [0.3, 0.4) is 0 Å². The van der Waals surface area contributed by atoms with Crippen LogP contribution in [0.1, 0.15) is 57.6 Å². The van der Waals surface area contributed by atoms with Gasteiger partial charge in [0.25, 0.3) is 0 Å². The summed E-state index contributed by atoms with van der Waals surface area (Å²) in [6.07, 6.45) is 3.63. The minimum atomic E-state index is 0.606. The fourth-order valence-electron chi connectivity index (χ4n) is 3.64. The van der Waals surface area contributed by atoms with Crippen molar-refractivity contribution in [1.29, 1.82) is 0 Å². The molecule has 0 bridgehead atoms. The maximum Gasteiger partial charge on any atom is 0.00412 e. The van der Waals surface area contributed by atoms with Crippen LogP contribution in [-0.4, -0.2) is 23.5 Å². The van der Waals surface area contributed by atoms with Crippen LogP contribution in [0.2, 0.25) is 0 Å². The summed E-state index contributed by atoms with van der Waals surface area (Å²) in [4.78, 5) is 2.60. The van der Waals surface area contributed by atoms with Gasteiger partial charge < -0.3 is 0 Å². The third-order valence-corrected chi connectivity index (χ3v) is 4.89. The monoisotopic (exact) mass is 323 g/mol. The molecule has 2 aromatic carbocycles. The Morgan fingerprint density at radius 3 is 1.83 bits per heavy atom. The second-order valence-corrected chi connectivity index (χ2v) is 7.36. The lowest BCUT2D eigenvalue weighted by Gasteiger charge is -2.31. The molecule has 0 aromatic heterocycles. The molecule has 1 atom stereocenters. The summed E-state index contributed by atoms with van der Waals surface area (Å²) in [6, 6.07) is 23.2. The van der Waals surface area contributed by atoms with E-state index in [1.165, 1.54) is 30.5 Å². The van der Waals surface area contributed by atoms with Crippen LogP contribution in [0, 0.1) is 0 Å². The van der Waals surface area contributed by atoms with Crippen molar-refractivity contribution in [3.8, 4) is 0 Å².